The molecule has 0 bridgehead atoms. The number of ether oxygens (including phenoxy) is 1. The number of nitrogens with zero attached hydrogens (tertiary/aromatic N) is 3. The van der Waals surface area contributed by atoms with E-state index in [1.54, 1.807) is 19.2 Å². The lowest BCUT2D eigenvalue weighted by molar-refractivity contribution is 0.198. The van der Waals surface area contributed by atoms with Crippen LogP contribution in [0.15, 0.2) is 33.8 Å². The van der Waals surface area contributed by atoms with Crippen LogP contribution in [0.25, 0.3) is 0 Å². The van der Waals surface area contributed by atoms with Crippen LogP contribution in [0.3, 0.4) is 0 Å². The number of hydrogen-bond donors (Lipinski definition) is 2. The molecule has 0 saturated carbocycles. The van der Waals surface area contributed by atoms with Gasteiger partial charge in [0.05, 0.1) is 19.3 Å². The Morgan fingerprint density at radius 2 is 2.03 bits per heavy atom. The molecule has 2 aromatic rings. The van der Waals surface area contributed by atoms with Crippen LogP contribution < -0.4 is 15.4 Å². The zero-order valence-corrected chi connectivity index (χ0v) is 19.7. The Kier molecular flexibility index (Phi) is 8.90. The van der Waals surface area contributed by atoms with Crippen molar-refractivity contribution in [2.45, 2.75) is 64.6 Å². The standard InChI is InChI=1S/C24H36FN5O2/c1-5-18(6-2)22-14-20(32-29-22)15-27-24(26-3)28-19-9-11-30(12-10-19)16-17-7-8-23(31-4)21(25)13-17/h7-8,13-14,18-19H,5-6,9-12,15-16H2,1-4H3,(H2,26,27,28). The van der Waals surface area contributed by atoms with Crippen LogP contribution in [0.1, 0.15) is 62.5 Å². The lowest BCUT2D eigenvalue weighted by Gasteiger charge is -2.33. The largest absolute Gasteiger partial charge is 0.494 e. The smallest absolute Gasteiger partial charge is 0.191 e. The molecule has 0 amide bonds. The van der Waals surface area contributed by atoms with Gasteiger partial charge in [0.2, 0.25) is 0 Å². The molecule has 1 aromatic heterocycles. The molecular weight excluding hydrogens is 409 g/mol. The van der Waals surface area contributed by atoms with Gasteiger partial charge in [0, 0.05) is 44.7 Å². The monoisotopic (exact) mass is 445 g/mol. The fraction of sp³-hybridized carbons (Fsp3) is 0.583. The van der Waals surface area contributed by atoms with Crippen LogP contribution in [-0.4, -0.2) is 49.3 Å². The maximum Gasteiger partial charge on any atom is 0.191 e. The Labute approximate surface area is 190 Å². The minimum absolute atomic E-state index is 0.285. The third kappa shape index (κ3) is 6.45. The average molecular weight is 446 g/mol. The van der Waals surface area contributed by atoms with Gasteiger partial charge in [-0.2, -0.15) is 0 Å². The van der Waals surface area contributed by atoms with Crippen LogP contribution in [0.5, 0.6) is 5.75 Å². The summed E-state index contributed by atoms with van der Waals surface area (Å²) in [6, 6.07) is 7.57. The molecule has 0 unspecified atom stereocenters. The SMILES string of the molecule is CCC(CC)c1cc(CNC(=NC)NC2CCN(Cc3ccc(OC)c(F)c3)CC2)on1. The van der Waals surface area contributed by atoms with Gasteiger partial charge in [-0.3, -0.25) is 9.89 Å². The summed E-state index contributed by atoms with van der Waals surface area (Å²) in [4.78, 5) is 6.70. The van der Waals surface area contributed by atoms with E-state index in [2.05, 4.69) is 39.5 Å². The molecule has 1 aliphatic heterocycles. The van der Waals surface area contributed by atoms with Crippen LogP contribution in [-0.2, 0) is 13.1 Å². The van der Waals surface area contributed by atoms with Gasteiger partial charge in [0.25, 0.3) is 0 Å². The number of likely N-dealkylation sites (tertiary alicyclic amines) is 1. The highest BCUT2D eigenvalue weighted by atomic mass is 19.1. The van der Waals surface area contributed by atoms with Gasteiger partial charge in [0.15, 0.2) is 23.3 Å². The first kappa shape index (κ1) is 24.0. The minimum Gasteiger partial charge on any atom is -0.494 e. The number of rotatable bonds is 9. The van der Waals surface area contributed by atoms with Gasteiger partial charge < -0.3 is 19.9 Å². The molecular formula is C24H36FN5O2. The van der Waals surface area contributed by atoms with E-state index in [4.69, 9.17) is 9.26 Å². The average Bonchev–Trinajstić information content (AvgIpc) is 3.27. The van der Waals surface area contributed by atoms with E-state index in [0.717, 1.165) is 68.3 Å². The summed E-state index contributed by atoms with van der Waals surface area (Å²) in [7, 11) is 3.26. The topological polar surface area (TPSA) is 74.9 Å². The minimum atomic E-state index is -0.310. The highest BCUT2D eigenvalue weighted by Crippen LogP contribution is 2.22. The molecule has 0 spiro atoms. The van der Waals surface area contributed by atoms with Crippen molar-refractivity contribution in [2.24, 2.45) is 4.99 Å². The molecule has 1 saturated heterocycles. The summed E-state index contributed by atoms with van der Waals surface area (Å²) < 4.78 is 24.4. The first-order valence-corrected chi connectivity index (χ1v) is 11.5. The van der Waals surface area contributed by atoms with Crippen LogP contribution in [0.2, 0.25) is 0 Å². The molecule has 1 fully saturated rings. The van der Waals surface area contributed by atoms with Crippen molar-refractivity contribution in [3.8, 4) is 5.75 Å². The zero-order chi connectivity index (χ0) is 22.9. The number of benzene rings is 1. The Morgan fingerprint density at radius 1 is 1.28 bits per heavy atom. The summed E-state index contributed by atoms with van der Waals surface area (Å²) in [6.07, 6.45) is 4.12. The van der Waals surface area contributed by atoms with Crippen LogP contribution in [0, 0.1) is 5.82 Å². The number of guanidine groups is 1. The molecule has 0 atom stereocenters. The van der Waals surface area contributed by atoms with Gasteiger partial charge >= 0.3 is 0 Å². The molecule has 8 heteroatoms. The molecule has 32 heavy (non-hydrogen) atoms. The summed E-state index contributed by atoms with van der Waals surface area (Å²) in [5.41, 5.74) is 1.99. The van der Waals surface area contributed by atoms with E-state index in [1.165, 1.54) is 7.11 Å². The van der Waals surface area contributed by atoms with Crippen molar-refractivity contribution in [3.63, 3.8) is 0 Å². The number of piperidine rings is 1. The molecule has 0 aliphatic carbocycles. The quantitative estimate of drug-likeness (QED) is 0.448. The number of nitrogens with one attached hydrogen (secondary N) is 2. The molecule has 1 aromatic carbocycles. The highest BCUT2D eigenvalue weighted by molar-refractivity contribution is 5.79. The van der Waals surface area contributed by atoms with Crippen molar-refractivity contribution in [3.05, 3.63) is 47.1 Å². The van der Waals surface area contributed by atoms with Crippen molar-refractivity contribution in [1.82, 2.24) is 20.7 Å². The number of hydrogen-bond acceptors (Lipinski definition) is 5. The Balaban J connectivity index is 1.43. The predicted octanol–water partition coefficient (Wildman–Crippen LogP) is 4.06. The van der Waals surface area contributed by atoms with Crippen LogP contribution >= 0.6 is 0 Å². The number of aliphatic imine (C=N–C) groups is 1. The summed E-state index contributed by atoms with van der Waals surface area (Å²) >= 11 is 0. The third-order valence-corrected chi connectivity index (χ3v) is 6.19. The number of aromatic nitrogens is 1. The maximum absolute atomic E-state index is 13.9. The predicted molar refractivity (Wildman–Crippen MR) is 124 cm³/mol. The van der Waals surface area contributed by atoms with E-state index < -0.39 is 0 Å². The van der Waals surface area contributed by atoms with E-state index in [9.17, 15) is 4.39 Å². The zero-order valence-electron chi connectivity index (χ0n) is 19.7. The van der Waals surface area contributed by atoms with Gasteiger partial charge in [-0.05, 0) is 43.4 Å². The highest BCUT2D eigenvalue weighted by Gasteiger charge is 2.21. The Morgan fingerprint density at radius 3 is 2.66 bits per heavy atom. The first-order valence-electron chi connectivity index (χ1n) is 11.5. The molecule has 1 aliphatic rings. The Bertz CT molecular complexity index is 873. The molecule has 176 valence electrons. The van der Waals surface area contributed by atoms with E-state index in [-0.39, 0.29) is 11.6 Å². The molecule has 7 nitrogen and oxygen atoms in total. The van der Waals surface area contributed by atoms with Gasteiger partial charge in [0.1, 0.15) is 0 Å². The van der Waals surface area contributed by atoms with Crippen molar-refractivity contribution < 1.29 is 13.7 Å². The normalized spacial score (nSPS) is 15.9. The fourth-order valence-electron chi connectivity index (χ4n) is 4.17. The first-order chi connectivity index (χ1) is 15.6. The van der Waals surface area contributed by atoms with Gasteiger partial charge in [-0.15, -0.1) is 0 Å². The van der Waals surface area contributed by atoms with Gasteiger partial charge in [-0.1, -0.05) is 25.1 Å². The molecule has 2 N–H and O–H groups in total. The van der Waals surface area contributed by atoms with Gasteiger partial charge in [-0.25, -0.2) is 4.39 Å². The van der Waals surface area contributed by atoms with Crippen LogP contribution in [0.4, 0.5) is 4.39 Å². The second-order valence-corrected chi connectivity index (χ2v) is 8.32. The summed E-state index contributed by atoms with van der Waals surface area (Å²) in [6.45, 7) is 7.53. The van der Waals surface area contributed by atoms with E-state index >= 15 is 0 Å². The maximum atomic E-state index is 13.9. The summed E-state index contributed by atoms with van der Waals surface area (Å²) in [5.74, 6) is 2.00. The molecule has 0 radical (unpaired) electrons. The fourth-order valence-corrected chi connectivity index (χ4v) is 4.17. The third-order valence-electron chi connectivity index (χ3n) is 6.19. The lowest BCUT2D eigenvalue weighted by atomic mass is 9.99. The van der Waals surface area contributed by atoms with Crippen molar-refractivity contribution in [2.75, 3.05) is 27.2 Å². The van der Waals surface area contributed by atoms with E-state index in [0.29, 0.717) is 18.5 Å². The Hall–Kier alpha value is -2.61. The summed E-state index contributed by atoms with van der Waals surface area (Å²) in [5, 5.41) is 11.1. The van der Waals surface area contributed by atoms with E-state index in [1.807, 2.05) is 12.1 Å². The number of methoxy groups -OCH3 is 1. The lowest BCUT2D eigenvalue weighted by Crippen LogP contribution is -2.48. The number of halogens is 1. The van der Waals surface area contributed by atoms with Crippen molar-refractivity contribution in [1.29, 1.82) is 0 Å². The molecule has 2 heterocycles. The molecule has 3 rings (SSSR count). The van der Waals surface area contributed by atoms with Crippen molar-refractivity contribution >= 4 is 5.96 Å². The second-order valence-electron chi connectivity index (χ2n) is 8.32. The second kappa shape index (κ2) is 11.9.